The number of anilines is 1. The van der Waals surface area contributed by atoms with Crippen molar-refractivity contribution in [3.05, 3.63) is 58.3 Å². The van der Waals surface area contributed by atoms with Crippen molar-refractivity contribution in [2.24, 2.45) is 5.73 Å². The minimum Gasteiger partial charge on any atom is -0.492 e. The van der Waals surface area contributed by atoms with Crippen LogP contribution in [0.25, 0.3) is 0 Å². The van der Waals surface area contributed by atoms with Crippen LogP contribution in [0.3, 0.4) is 0 Å². The van der Waals surface area contributed by atoms with E-state index in [4.69, 9.17) is 10.5 Å². The SMILES string of the molecule is NCCOc1ccc(NC(=O)c2ccc(Br)cc2F)cc1. The van der Waals surface area contributed by atoms with Crippen LogP contribution in [0.1, 0.15) is 10.4 Å². The largest absolute Gasteiger partial charge is 0.492 e. The van der Waals surface area contributed by atoms with Gasteiger partial charge in [-0.25, -0.2) is 4.39 Å². The summed E-state index contributed by atoms with van der Waals surface area (Å²) in [6.45, 7) is 0.858. The second kappa shape index (κ2) is 7.19. The predicted octanol–water partition coefficient (Wildman–Crippen LogP) is 3.18. The van der Waals surface area contributed by atoms with E-state index >= 15 is 0 Å². The zero-order chi connectivity index (χ0) is 15.2. The van der Waals surface area contributed by atoms with Gasteiger partial charge in [0.25, 0.3) is 5.91 Å². The number of ether oxygens (including phenoxy) is 1. The van der Waals surface area contributed by atoms with Crippen LogP contribution in [0.2, 0.25) is 0 Å². The van der Waals surface area contributed by atoms with Crippen LogP contribution < -0.4 is 15.8 Å². The number of hydrogen-bond acceptors (Lipinski definition) is 3. The van der Waals surface area contributed by atoms with Crippen molar-refractivity contribution in [2.45, 2.75) is 0 Å². The first-order chi connectivity index (χ1) is 10.1. The van der Waals surface area contributed by atoms with Crippen LogP contribution in [0.5, 0.6) is 5.75 Å². The highest BCUT2D eigenvalue weighted by atomic mass is 79.9. The van der Waals surface area contributed by atoms with E-state index < -0.39 is 11.7 Å². The molecular formula is C15H14BrFN2O2. The molecule has 1 amide bonds. The number of hydrogen-bond donors (Lipinski definition) is 2. The second-order valence-corrected chi connectivity index (χ2v) is 5.16. The van der Waals surface area contributed by atoms with E-state index in [-0.39, 0.29) is 5.56 Å². The molecule has 0 spiro atoms. The smallest absolute Gasteiger partial charge is 0.258 e. The van der Waals surface area contributed by atoms with Crippen LogP contribution in [0, 0.1) is 5.82 Å². The van der Waals surface area contributed by atoms with E-state index in [9.17, 15) is 9.18 Å². The maximum absolute atomic E-state index is 13.7. The molecule has 0 aliphatic rings. The van der Waals surface area contributed by atoms with E-state index in [0.29, 0.717) is 29.1 Å². The maximum Gasteiger partial charge on any atom is 0.258 e. The molecule has 0 heterocycles. The summed E-state index contributed by atoms with van der Waals surface area (Å²) in [6.07, 6.45) is 0. The molecule has 0 radical (unpaired) electrons. The fraction of sp³-hybridized carbons (Fsp3) is 0.133. The lowest BCUT2D eigenvalue weighted by molar-refractivity contribution is 0.102. The minimum absolute atomic E-state index is 0.0124. The zero-order valence-electron chi connectivity index (χ0n) is 11.1. The van der Waals surface area contributed by atoms with Crippen molar-refractivity contribution < 1.29 is 13.9 Å². The van der Waals surface area contributed by atoms with E-state index in [2.05, 4.69) is 21.2 Å². The molecule has 0 aliphatic carbocycles. The fourth-order valence-corrected chi connectivity index (χ4v) is 2.02. The van der Waals surface area contributed by atoms with E-state index in [0.717, 1.165) is 0 Å². The molecule has 0 aromatic heterocycles. The quantitative estimate of drug-likeness (QED) is 0.868. The Morgan fingerprint density at radius 1 is 1.24 bits per heavy atom. The number of carbonyl (C=O) groups is 1. The maximum atomic E-state index is 13.7. The number of nitrogens with two attached hydrogens (primary N) is 1. The lowest BCUT2D eigenvalue weighted by Crippen LogP contribution is -2.14. The number of halogens is 2. The van der Waals surface area contributed by atoms with Crippen LogP contribution in [0.4, 0.5) is 10.1 Å². The highest BCUT2D eigenvalue weighted by Crippen LogP contribution is 2.19. The summed E-state index contributed by atoms with van der Waals surface area (Å²) in [6, 6.07) is 11.1. The van der Waals surface area contributed by atoms with Gasteiger partial charge >= 0.3 is 0 Å². The summed E-state index contributed by atoms with van der Waals surface area (Å²) < 4.78 is 19.6. The van der Waals surface area contributed by atoms with E-state index in [1.807, 2.05) is 0 Å². The van der Waals surface area contributed by atoms with Crippen molar-refractivity contribution in [3.8, 4) is 5.75 Å². The number of nitrogens with one attached hydrogen (secondary N) is 1. The summed E-state index contributed by atoms with van der Waals surface area (Å²) in [5.74, 6) is -0.423. The van der Waals surface area contributed by atoms with Crippen molar-refractivity contribution in [1.82, 2.24) is 0 Å². The number of amides is 1. The molecule has 2 aromatic carbocycles. The van der Waals surface area contributed by atoms with Crippen molar-refractivity contribution in [2.75, 3.05) is 18.5 Å². The Bertz CT molecular complexity index is 632. The first-order valence-electron chi connectivity index (χ1n) is 6.29. The lowest BCUT2D eigenvalue weighted by atomic mass is 10.2. The number of benzene rings is 2. The third-order valence-electron chi connectivity index (χ3n) is 2.67. The standard InChI is InChI=1S/C15H14BrFN2O2/c16-10-1-6-13(14(17)9-10)15(20)19-11-2-4-12(5-3-11)21-8-7-18/h1-6,9H,7-8,18H2,(H,19,20). The molecule has 3 N–H and O–H groups in total. The number of carbonyl (C=O) groups excluding carboxylic acids is 1. The molecule has 0 aliphatic heterocycles. The fourth-order valence-electron chi connectivity index (χ4n) is 1.68. The highest BCUT2D eigenvalue weighted by molar-refractivity contribution is 9.10. The minimum atomic E-state index is -0.579. The Kier molecular flexibility index (Phi) is 5.30. The van der Waals surface area contributed by atoms with Crippen LogP contribution >= 0.6 is 15.9 Å². The zero-order valence-corrected chi connectivity index (χ0v) is 12.7. The summed E-state index contributed by atoms with van der Waals surface area (Å²) in [5.41, 5.74) is 5.89. The number of rotatable bonds is 5. The van der Waals surface area contributed by atoms with Gasteiger partial charge in [-0.05, 0) is 42.5 Å². The van der Waals surface area contributed by atoms with Gasteiger partial charge in [0, 0.05) is 16.7 Å². The Hall–Kier alpha value is -1.92. The topological polar surface area (TPSA) is 64.3 Å². The van der Waals surface area contributed by atoms with E-state index in [1.165, 1.54) is 12.1 Å². The highest BCUT2D eigenvalue weighted by Gasteiger charge is 2.12. The molecule has 0 bridgehead atoms. The molecule has 0 fully saturated rings. The monoisotopic (exact) mass is 352 g/mol. The molecule has 2 aromatic rings. The Labute approximate surface area is 130 Å². The van der Waals surface area contributed by atoms with Crippen molar-refractivity contribution >= 4 is 27.5 Å². The van der Waals surface area contributed by atoms with Crippen molar-refractivity contribution in [3.63, 3.8) is 0 Å². The van der Waals surface area contributed by atoms with Gasteiger partial charge in [-0.3, -0.25) is 4.79 Å². The van der Waals surface area contributed by atoms with Crippen molar-refractivity contribution in [1.29, 1.82) is 0 Å². The predicted molar refractivity (Wildman–Crippen MR) is 83.0 cm³/mol. The molecule has 0 saturated heterocycles. The Morgan fingerprint density at radius 3 is 2.57 bits per heavy atom. The third-order valence-corrected chi connectivity index (χ3v) is 3.17. The molecule has 110 valence electrons. The van der Waals surface area contributed by atoms with Gasteiger partial charge in [-0.1, -0.05) is 15.9 Å². The van der Waals surface area contributed by atoms with Gasteiger partial charge in [0.15, 0.2) is 0 Å². The summed E-state index contributed by atoms with van der Waals surface area (Å²) >= 11 is 3.15. The van der Waals surface area contributed by atoms with Gasteiger partial charge in [0.1, 0.15) is 18.2 Å². The summed E-state index contributed by atoms with van der Waals surface area (Å²) in [5, 5.41) is 2.63. The van der Waals surface area contributed by atoms with Gasteiger partial charge in [-0.2, -0.15) is 0 Å². The average molecular weight is 353 g/mol. The van der Waals surface area contributed by atoms with Crippen LogP contribution in [-0.4, -0.2) is 19.1 Å². The second-order valence-electron chi connectivity index (χ2n) is 4.24. The van der Waals surface area contributed by atoms with Gasteiger partial charge < -0.3 is 15.8 Å². The van der Waals surface area contributed by atoms with Gasteiger partial charge in [0.05, 0.1) is 5.56 Å². The first-order valence-corrected chi connectivity index (χ1v) is 7.09. The Balaban J connectivity index is 2.05. The summed E-state index contributed by atoms with van der Waals surface area (Å²) in [7, 11) is 0. The summed E-state index contributed by atoms with van der Waals surface area (Å²) in [4.78, 5) is 12.0. The molecule has 6 heteroatoms. The van der Waals surface area contributed by atoms with Gasteiger partial charge in [0.2, 0.25) is 0 Å². The molecular weight excluding hydrogens is 339 g/mol. The van der Waals surface area contributed by atoms with Gasteiger partial charge in [-0.15, -0.1) is 0 Å². The van der Waals surface area contributed by atoms with Crippen LogP contribution in [0.15, 0.2) is 46.9 Å². The lowest BCUT2D eigenvalue weighted by Gasteiger charge is -2.08. The normalized spacial score (nSPS) is 10.2. The molecule has 2 rings (SSSR count). The molecule has 0 saturated carbocycles. The third kappa shape index (κ3) is 4.27. The average Bonchev–Trinajstić information content (AvgIpc) is 2.46. The molecule has 0 unspecified atom stereocenters. The van der Waals surface area contributed by atoms with Crippen LogP contribution in [-0.2, 0) is 0 Å². The Morgan fingerprint density at radius 2 is 1.95 bits per heavy atom. The molecule has 21 heavy (non-hydrogen) atoms. The molecule has 0 atom stereocenters. The molecule has 4 nitrogen and oxygen atoms in total. The first kappa shape index (κ1) is 15.5. The van der Waals surface area contributed by atoms with E-state index in [1.54, 1.807) is 30.3 Å².